The number of hydrogen-bond donors (Lipinski definition) is 0. The van der Waals surface area contributed by atoms with Crippen molar-refractivity contribution >= 4 is 21.4 Å². The molecule has 2 aromatic heterocycles. The van der Waals surface area contributed by atoms with Crippen LogP contribution in [0.4, 0.5) is 0 Å². The molecule has 0 unspecified atom stereocenters. The van der Waals surface area contributed by atoms with E-state index in [1.165, 1.54) is 5.69 Å². The molecule has 0 saturated carbocycles. The third kappa shape index (κ3) is 1.48. The summed E-state index contributed by atoms with van der Waals surface area (Å²) in [5.74, 6) is 0.510. The highest BCUT2D eigenvalue weighted by molar-refractivity contribution is 9.10. The molecule has 0 aromatic carbocycles. The zero-order valence-electron chi connectivity index (χ0n) is 7.66. The molecule has 0 bridgehead atoms. The van der Waals surface area contributed by atoms with Crippen molar-refractivity contribution in [1.29, 1.82) is 0 Å². The normalized spacial score (nSPS) is 11.4. The van der Waals surface area contributed by atoms with E-state index in [0.717, 1.165) is 9.99 Å². The molecule has 0 aliphatic carbocycles. The van der Waals surface area contributed by atoms with E-state index in [0.29, 0.717) is 5.92 Å². The van der Waals surface area contributed by atoms with Crippen molar-refractivity contribution in [2.24, 2.45) is 0 Å². The first-order valence-electron chi connectivity index (χ1n) is 4.31. The van der Waals surface area contributed by atoms with Gasteiger partial charge in [-0.2, -0.15) is 5.10 Å². The summed E-state index contributed by atoms with van der Waals surface area (Å²) < 4.78 is 3.00. The fourth-order valence-corrected chi connectivity index (χ4v) is 1.76. The second kappa shape index (κ2) is 3.14. The zero-order chi connectivity index (χ0) is 9.42. The monoisotopic (exact) mass is 238 g/mol. The lowest BCUT2D eigenvalue weighted by atomic mass is 10.1. The first-order chi connectivity index (χ1) is 6.18. The highest BCUT2D eigenvalue weighted by Gasteiger charge is 2.05. The topological polar surface area (TPSA) is 17.3 Å². The average Bonchev–Trinajstić information content (AvgIpc) is 2.46. The fourth-order valence-electron chi connectivity index (χ4n) is 1.43. The Labute approximate surface area is 85.7 Å². The Morgan fingerprint density at radius 3 is 2.85 bits per heavy atom. The molecule has 0 fully saturated rings. The maximum Gasteiger partial charge on any atom is 0.0661 e. The van der Waals surface area contributed by atoms with Gasteiger partial charge in [-0.25, -0.2) is 4.52 Å². The Morgan fingerprint density at radius 2 is 2.15 bits per heavy atom. The molecule has 0 saturated heterocycles. The van der Waals surface area contributed by atoms with Crippen LogP contribution in [0.1, 0.15) is 25.5 Å². The number of aromatic nitrogens is 2. The van der Waals surface area contributed by atoms with Crippen molar-refractivity contribution in [2.75, 3.05) is 0 Å². The van der Waals surface area contributed by atoms with Crippen LogP contribution in [0.25, 0.3) is 5.52 Å². The van der Waals surface area contributed by atoms with E-state index in [1.54, 1.807) is 0 Å². The molecule has 0 amide bonds. The summed E-state index contributed by atoms with van der Waals surface area (Å²) in [5.41, 5.74) is 2.39. The minimum absolute atomic E-state index is 0.510. The van der Waals surface area contributed by atoms with Crippen LogP contribution >= 0.6 is 15.9 Å². The van der Waals surface area contributed by atoms with E-state index in [-0.39, 0.29) is 0 Å². The summed E-state index contributed by atoms with van der Waals surface area (Å²) >= 11 is 3.40. The van der Waals surface area contributed by atoms with Gasteiger partial charge in [-0.05, 0) is 40.0 Å². The molecule has 2 rings (SSSR count). The molecule has 13 heavy (non-hydrogen) atoms. The lowest BCUT2D eigenvalue weighted by molar-refractivity contribution is 0.758. The Morgan fingerprint density at radius 1 is 1.38 bits per heavy atom. The Bertz CT molecular complexity index is 431. The van der Waals surface area contributed by atoms with Crippen molar-refractivity contribution < 1.29 is 0 Å². The van der Waals surface area contributed by atoms with Gasteiger partial charge in [0.1, 0.15) is 0 Å². The van der Waals surface area contributed by atoms with Crippen molar-refractivity contribution in [3.05, 3.63) is 34.6 Å². The third-order valence-electron chi connectivity index (χ3n) is 2.09. The van der Waals surface area contributed by atoms with Crippen LogP contribution in [-0.4, -0.2) is 9.61 Å². The highest BCUT2D eigenvalue weighted by atomic mass is 79.9. The van der Waals surface area contributed by atoms with Crippen molar-refractivity contribution in [2.45, 2.75) is 19.8 Å². The van der Waals surface area contributed by atoms with Gasteiger partial charge in [-0.1, -0.05) is 13.8 Å². The van der Waals surface area contributed by atoms with Gasteiger partial charge in [0, 0.05) is 10.2 Å². The molecule has 0 atom stereocenters. The van der Waals surface area contributed by atoms with E-state index in [2.05, 4.69) is 53.1 Å². The minimum Gasteiger partial charge on any atom is -0.238 e. The summed E-state index contributed by atoms with van der Waals surface area (Å²) in [6.07, 6.45) is 1.82. The molecule has 2 heterocycles. The van der Waals surface area contributed by atoms with E-state index < -0.39 is 0 Å². The lowest BCUT2D eigenvalue weighted by Gasteiger charge is -2.04. The van der Waals surface area contributed by atoms with Crippen LogP contribution < -0.4 is 0 Å². The minimum atomic E-state index is 0.510. The molecule has 0 radical (unpaired) electrons. The first-order valence-corrected chi connectivity index (χ1v) is 5.11. The fraction of sp³-hybridized carbons (Fsp3) is 0.300. The number of hydrogen-bond acceptors (Lipinski definition) is 1. The van der Waals surface area contributed by atoms with Crippen molar-refractivity contribution in [1.82, 2.24) is 9.61 Å². The van der Waals surface area contributed by atoms with Gasteiger partial charge in [-0.3, -0.25) is 0 Å². The van der Waals surface area contributed by atoms with Crippen molar-refractivity contribution in [3.8, 4) is 0 Å². The summed E-state index contributed by atoms with van der Waals surface area (Å²) in [5, 5.41) is 4.33. The predicted molar refractivity (Wildman–Crippen MR) is 57.0 cm³/mol. The van der Waals surface area contributed by atoms with Gasteiger partial charge in [0.2, 0.25) is 0 Å². The van der Waals surface area contributed by atoms with Crippen LogP contribution in [0.3, 0.4) is 0 Å². The number of rotatable bonds is 1. The number of halogens is 1. The van der Waals surface area contributed by atoms with E-state index in [9.17, 15) is 0 Å². The third-order valence-corrected chi connectivity index (χ3v) is 2.52. The molecule has 2 nitrogen and oxygen atoms in total. The maximum atomic E-state index is 4.33. The maximum absolute atomic E-state index is 4.33. The van der Waals surface area contributed by atoms with E-state index in [1.807, 2.05) is 10.7 Å². The largest absolute Gasteiger partial charge is 0.238 e. The molecule has 0 aliphatic rings. The number of fused-ring (bicyclic) bond motifs is 1. The predicted octanol–water partition coefficient (Wildman–Crippen LogP) is 3.22. The van der Waals surface area contributed by atoms with Gasteiger partial charge >= 0.3 is 0 Å². The van der Waals surface area contributed by atoms with Crippen LogP contribution in [0.2, 0.25) is 0 Å². The van der Waals surface area contributed by atoms with Crippen LogP contribution in [0, 0.1) is 0 Å². The number of nitrogens with zero attached hydrogens (tertiary/aromatic N) is 2. The van der Waals surface area contributed by atoms with Gasteiger partial charge in [0.15, 0.2) is 0 Å². The zero-order valence-corrected chi connectivity index (χ0v) is 9.25. The smallest absolute Gasteiger partial charge is 0.0661 e. The standard InChI is InChI=1S/C10H11BrN2/c1-7(2)10-4-3-9-5-8(11)6-12-13(9)10/h3-7H,1-2H3. The highest BCUT2D eigenvalue weighted by Crippen LogP contribution is 2.19. The molecule has 0 N–H and O–H groups in total. The van der Waals surface area contributed by atoms with Crippen molar-refractivity contribution in [3.63, 3.8) is 0 Å². The Kier molecular flexibility index (Phi) is 2.12. The van der Waals surface area contributed by atoms with E-state index >= 15 is 0 Å². The summed E-state index contributed by atoms with van der Waals surface area (Å²) in [4.78, 5) is 0. The summed E-state index contributed by atoms with van der Waals surface area (Å²) in [7, 11) is 0. The molecule has 68 valence electrons. The molecule has 0 spiro atoms. The SMILES string of the molecule is CC(C)c1ccc2cc(Br)cnn12. The lowest BCUT2D eigenvalue weighted by Crippen LogP contribution is -1.98. The van der Waals surface area contributed by atoms with E-state index in [4.69, 9.17) is 0 Å². The Balaban J connectivity index is 2.69. The first kappa shape index (κ1) is 8.75. The molecular formula is C10H11BrN2. The second-order valence-corrected chi connectivity index (χ2v) is 4.34. The van der Waals surface area contributed by atoms with Gasteiger partial charge < -0.3 is 0 Å². The van der Waals surface area contributed by atoms with Crippen LogP contribution in [0.15, 0.2) is 28.9 Å². The quantitative estimate of drug-likeness (QED) is 0.746. The summed E-state index contributed by atoms with van der Waals surface area (Å²) in [6, 6.07) is 6.28. The molecule has 3 heteroatoms. The second-order valence-electron chi connectivity index (χ2n) is 3.42. The van der Waals surface area contributed by atoms with Crippen LogP contribution in [-0.2, 0) is 0 Å². The van der Waals surface area contributed by atoms with Gasteiger partial charge in [-0.15, -0.1) is 0 Å². The molecule has 0 aliphatic heterocycles. The average molecular weight is 239 g/mol. The summed E-state index contributed by atoms with van der Waals surface area (Å²) in [6.45, 7) is 4.34. The van der Waals surface area contributed by atoms with Gasteiger partial charge in [0.25, 0.3) is 0 Å². The van der Waals surface area contributed by atoms with Crippen LogP contribution in [0.5, 0.6) is 0 Å². The Hall–Kier alpha value is -0.830. The van der Waals surface area contributed by atoms with Gasteiger partial charge in [0.05, 0.1) is 11.7 Å². The molecular weight excluding hydrogens is 228 g/mol. The molecule has 2 aromatic rings.